The summed E-state index contributed by atoms with van der Waals surface area (Å²) in [5, 5.41) is 3.35. The van der Waals surface area contributed by atoms with Crippen molar-refractivity contribution >= 4 is 45.1 Å². The first-order chi connectivity index (χ1) is 11.0. The van der Waals surface area contributed by atoms with Crippen LogP contribution in [-0.2, 0) is 0 Å². The maximum atomic E-state index is 12.6. The number of fused-ring (bicyclic) bond motifs is 1. The van der Waals surface area contributed by atoms with Gasteiger partial charge in [0.25, 0.3) is 5.91 Å². The molecular weight excluding hydrogens is 403 g/mol. The van der Waals surface area contributed by atoms with Crippen LogP contribution in [0.3, 0.4) is 0 Å². The van der Waals surface area contributed by atoms with Gasteiger partial charge in [-0.1, -0.05) is 12.1 Å². The Balaban J connectivity index is 2.03. The molecule has 2 aromatic carbocycles. The summed E-state index contributed by atoms with van der Waals surface area (Å²) < 4.78 is 0.952. The van der Waals surface area contributed by atoms with Crippen LogP contribution in [0.2, 0.25) is 0 Å². The Labute approximate surface area is 147 Å². The highest BCUT2D eigenvalue weighted by Gasteiger charge is 2.14. The fourth-order valence-corrected chi connectivity index (χ4v) is 2.93. The molecule has 1 aromatic heterocycles. The smallest absolute Gasteiger partial charge is 0.261 e. The zero-order valence-corrected chi connectivity index (χ0v) is 14.9. The minimum absolute atomic E-state index is 0.111. The van der Waals surface area contributed by atoms with Gasteiger partial charge in [-0.25, -0.2) is 0 Å². The number of aromatic nitrogens is 1. The van der Waals surface area contributed by atoms with Crippen LogP contribution in [0.15, 0.2) is 47.4 Å². The molecular formula is C18H15IN2O2. The zero-order valence-electron chi connectivity index (χ0n) is 12.7. The van der Waals surface area contributed by atoms with Crippen molar-refractivity contribution < 1.29 is 4.79 Å². The van der Waals surface area contributed by atoms with Gasteiger partial charge in [-0.15, -0.1) is 0 Å². The van der Waals surface area contributed by atoms with E-state index in [-0.39, 0.29) is 11.0 Å². The quantitative estimate of drug-likeness (QED) is 0.618. The molecule has 0 spiro atoms. The topological polar surface area (TPSA) is 62.0 Å². The molecule has 3 aromatic rings. The highest BCUT2D eigenvalue weighted by atomic mass is 127. The van der Waals surface area contributed by atoms with Crippen LogP contribution in [0.5, 0.6) is 0 Å². The molecule has 0 bridgehead atoms. The molecule has 5 heteroatoms. The number of halogens is 1. The average Bonchev–Trinajstić information content (AvgIpc) is 2.52. The summed E-state index contributed by atoms with van der Waals surface area (Å²) in [4.78, 5) is 28.1. The second-order valence-corrected chi connectivity index (χ2v) is 6.67. The average molecular weight is 418 g/mol. The van der Waals surface area contributed by atoms with E-state index < -0.39 is 5.91 Å². The van der Waals surface area contributed by atoms with Gasteiger partial charge in [-0.05, 0) is 71.8 Å². The molecule has 0 saturated carbocycles. The Morgan fingerprint density at radius 1 is 1.17 bits per heavy atom. The third-order valence-corrected chi connectivity index (χ3v) is 4.61. The lowest BCUT2D eigenvalue weighted by Gasteiger charge is -2.10. The van der Waals surface area contributed by atoms with E-state index >= 15 is 0 Å². The normalized spacial score (nSPS) is 10.7. The molecule has 1 heterocycles. The molecule has 1 amide bonds. The number of aryl methyl sites for hydroxylation is 1. The molecule has 2 N–H and O–H groups in total. The van der Waals surface area contributed by atoms with Crippen molar-refractivity contribution in [2.75, 3.05) is 5.32 Å². The highest BCUT2D eigenvalue weighted by molar-refractivity contribution is 14.1. The maximum Gasteiger partial charge on any atom is 0.261 e. The molecule has 0 radical (unpaired) electrons. The van der Waals surface area contributed by atoms with Crippen LogP contribution in [-0.4, -0.2) is 10.9 Å². The van der Waals surface area contributed by atoms with Gasteiger partial charge in [0.2, 0.25) is 5.43 Å². The van der Waals surface area contributed by atoms with Crippen molar-refractivity contribution in [1.82, 2.24) is 4.98 Å². The van der Waals surface area contributed by atoms with Crippen LogP contribution < -0.4 is 10.7 Å². The first-order valence-electron chi connectivity index (χ1n) is 7.16. The number of hydrogen-bond donors (Lipinski definition) is 2. The maximum absolute atomic E-state index is 12.6. The molecule has 0 atom stereocenters. The molecule has 0 aliphatic carbocycles. The van der Waals surface area contributed by atoms with E-state index in [9.17, 15) is 9.59 Å². The predicted octanol–water partition coefficient (Wildman–Crippen LogP) is 4.00. The SMILES string of the molecule is Cc1cccc(NC(=O)c2c[nH]c3ccc(I)cc3c2=O)c1C. The van der Waals surface area contributed by atoms with Gasteiger partial charge in [0.05, 0.1) is 0 Å². The van der Waals surface area contributed by atoms with Gasteiger partial charge < -0.3 is 10.3 Å². The number of aromatic amines is 1. The summed E-state index contributed by atoms with van der Waals surface area (Å²) in [6, 6.07) is 11.2. The van der Waals surface area contributed by atoms with Crippen LogP contribution in [0.4, 0.5) is 5.69 Å². The summed E-state index contributed by atoms with van der Waals surface area (Å²) in [7, 11) is 0. The van der Waals surface area contributed by atoms with Gasteiger partial charge in [0, 0.05) is 26.4 Å². The number of pyridine rings is 1. The Hall–Kier alpha value is -2.15. The van der Waals surface area contributed by atoms with Gasteiger partial charge in [-0.3, -0.25) is 9.59 Å². The minimum atomic E-state index is -0.402. The van der Waals surface area contributed by atoms with E-state index in [0.29, 0.717) is 5.39 Å². The van der Waals surface area contributed by atoms with Crippen molar-refractivity contribution in [2.45, 2.75) is 13.8 Å². The number of H-pyrrole nitrogens is 1. The number of nitrogens with one attached hydrogen (secondary N) is 2. The first kappa shape index (κ1) is 15.7. The molecule has 3 rings (SSSR count). The van der Waals surface area contributed by atoms with Gasteiger partial charge in [-0.2, -0.15) is 0 Å². The zero-order chi connectivity index (χ0) is 16.6. The van der Waals surface area contributed by atoms with E-state index in [2.05, 4.69) is 32.9 Å². The molecule has 0 unspecified atom stereocenters. The van der Waals surface area contributed by atoms with E-state index in [0.717, 1.165) is 25.9 Å². The van der Waals surface area contributed by atoms with E-state index in [4.69, 9.17) is 0 Å². The number of rotatable bonds is 2. The molecule has 0 aliphatic heterocycles. The molecule has 0 fully saturated rings. The third kappa shape index (κ3) is 3.01. The monoisotopic (exact) mass is 418 g/mol. The van der Waals surface area contributed by atoms with E-state index in [1.807, 2.05) is 44.2 Å². The van der Waals surface area contributed by atoms with Crippen molar-refractivity contribution in [3.05, 3.63) is 73.1 Å². The van der Waals surface area contributed by atoms with Crippen molar-refractivity contribution in [3.8, 4) is 0 Å². The summed E-state index contributed by atoms with van der Waals surface area (Å²) in [5.41, 5.74) is 3.37. The fourth-order valence-electron chi connectivity index (χ4n) is 2.44. The van der Waals surface area contributed by atoms with Crippen LogP contribution in [0.1, 0.15) is 21.5 Å². The summed E-state index contributed by atoms with van der Waals surface area (Å²) in [5.74, 6) is -0.402. The van der Waals surface area contributed by atoms with Crippen LogP contribution in [0, 0.1) is 17.4 Å². The predicted molar refractivity (Wildman–Crippen MR) is 101 cm³/mol. The molecule has 116 valence electrons. The summed E-state index contributed by atoms with van der Waals surface area (Å²) in [6.07, 6.45) is 1.47. The Morgan fingerprint density at radius 3 is 2.74 bits per heavy atom. The highest BCUT2D eigenvalue weighted by Crippen LogP contribution is 2.19. The molecule has 4 nitrogen and oxygen atoms in total. The van der Waals surface area contributed by atoms with Crippen molar-refractivity contribution in [1.29, 1.82) is 0 Å². The molecule has 0 aliphatic rings. The number of hydrogen-bond acceptors (Lipinski definition) is 2. The summed E-state index contributed by atoms with van der Waals surface area (Å²) in [6.45, 7) is 3.92. The standard InChI is InChI=1S/C18H15IN2O2/c1-10-4-3-5-15(11(10)2)21-18(23)14-9-20-16-7-6-12(19)8-13(16)17(14)22/h3-9H,1-2H3,(H,20,22)(H,21,23). The van der Waals surface area contributed by atoms with Gasteiger partial charge in [0.1, 0.15) is 5.56 Å². The van der Waals surface area contributed by atoms with E-state index in [1.165, 1.54) is 6.20 Å². The lowest BCUT2D eigenvalue weighted by atomic mass is 10.1. The minimum Gasteiger partial charge on any atom is -0.360 e. The van der Waals surface area contributed by atoms with Gasteiger partial charge >= 0.3 is 0 Å². The van der Waals surface area contributed by atoms with Crippen molar-refractivity contribution in [3.63, 3.8) is 0 Å². The van der Waals surface area contributed by atoms with Crippen LogP contribution >= 0.6 is 22.6 Å². The van der Waals surface area contributed by atoms with E-state index in [1.54, 1.807) is 6.07 Å². The van der Waals surface area contributed by atoms with Gasteiger partial charge in [0.15, 0.2) is 0 Å². The largest absolute Gasteiger partial charge is 0.360 e. The van der Waals surface area contributed by atoms with Crippen molar-refractivity contribution in [2.24, 2.45) is 0 Å². The summed E-state index contributed by atoms with van der Waals surface area (Å²) >= 11 is 2.15. The Kier molecular flexibility index (Phi) is 4.21. The molecule has 0 saturated heterocycles. The molecule has 23 heavy (non-hydrogen) atoms. The lowest BCUT2D eigenvalue weighted by Crippen LogP contribution is -2.22. The fraction of sp³-hybridized carbons (Fsp3) is 0.111. The first-order valence-corrected chi connectivity index (χ1v) is 8.24. The second kappa shape index (κ2) is 6.16. The Bertz CT molecular complexity index is 976. The Morgan fingerprint density at radius 2 is 1.96 bits per heavy atom. The lowest BCUT2D eigenvalue weighted by molar-refractivity contribution is 0.102. The number of anilines is 1. The number of amides is 1. The third-order valence-electron chi connectivity index (χ3n) is 3.94. The van der Waals surface area contributed by atoms with Crippen LogP contribution in [0.25, 0.3) is 10.9 Å². The second-order valence-electron chi connectivity index (χ2n) is 5.42. The number of carbonyl (C=O) groups excluding carboxylic acids is 1. The number of benzene rings is 2. The number of carbonyl (C=O) groups is 1.